The van der Waals surface area contributed by atoms with E-state index in [9.17, 15) is 4.79 Å². The molecule has 0 bridgehead atoms. The van der Waals surface area contributed by atoms with Crippen LogP contribution in [0.5, 0.6) is 5.75 Å². The molecule has 0 spiro atoms. The molecule has 4 nitrogen and oxygen atoms in total. The third kappa shape index (κ3) is 4.72. The number of carbonyl (C=O) groups excluding carboxylic acids is 1. The first-order valence-electron chi connectivity index (χ1n) is 6.61. The Bertz CT molecular complexity index is 703. The molecule has 2 aromatic carbocycles. The fourth-order valence-corrected chi connectivity index (χ4v) is 1.85. The van der Waals surface area contributed by atoms with Gasteiger partial charge in [-0.05, 0) is 36.4 Å². The van der Waals surface area contributed by atoms with Crippen molar-refractivity contribution in [3.8, 4) is 17.6 Å². The molecule has 5 heteroatoms. The summed E-state index contributed by atoms with van der Waals surface area (Å²) >= 11 is 5.78. The first-order chi connectivity index (χ1) is 10.7. The van der Waals surface area contributed by atoms with Crippen LogP contribution in [0.15, 0.2) is 48.5 Å². The summed E-state index contributed by atoms with van der Waals surface area (Å²) < 4.78 is 5.20. The molecule has 2 aromatic rings. The molecule has 0 aromatic heterocycles. The number of anilines is 1. The van der Waals surface area contributed by atoms with Crippen LogP contribution in [0.1, 0.15) is 5.56 Å². The highest BCUT2D eigenvalue weighted by atomic mass is 35.5. The topological polar surface area (TPSA) is 50.4 Å². The maximum atomic E-state index is 11.7. The van der Waals surface area contributed by atoms with Crippen molar-refractivity contribution in [2.24, 2.45) is 0 Å². The predicted molar refractivity (Wildman–Crippen MR) is 88.3 cm³/mol. The molecule has 0 saturated heterocycles. The molecule has 0 aliphatic carbocycles. The van der Waals surface area contributed by atoms with Gasteiger partial charge < -0.3 is 15.4 Å². The number of rotatable bonds is 3. The van der Waals surface area contributed by atoms with Gasteiger partial charge in [-0.2, -0.15) is 0 Å². The zero-order valence-corrected chi connectivity index (χ0v) is 12.8. The van der Waals surface area contributed by atoms with E-state index in [4.69, 9.17) is 16.3 Å². The third-order valence-corrected chi connectivity index (χ3v) is 3.02. The van der Waals surface area contributed by atoms with Crippen molar-refractivity contribution in [3.05, 3.63) is 59.1 Å². The molecule has 2 N–H and O–H groups in total. The van der Waals surface area contributed by atoms with Gasteiger partial charge in [0, 0.05) is 10.7 Å². The van der Waals surface area contributed by atoms with Gasteiger partial charge in [-0.15, -0.1) is 0 Å². The Hall–Kier alpha value is -2.64. The molecule has 112 valence electrons. The summed E-state index contributed by atoms with van der Waals surface area (Å²) in [7, 11) is 1.60. The maximum Gasteiger partial charge on any atom is 0.319 e. The zero-order chi connectivity index (χ0) is 15.8. The Morgan fingerprint density at radius 3 is 2.64 bits per heavy atom. The van der Waals surface area contributed by atoms with Crippen LogP contribution in [0.3, 0.4) is 0 Å². The van der Waals surface area contributed by atoms with E-state index in [0.29, 0.717) is 16.5 Å². The van der Waals surface area contributed by atoms with Crippen LogP contribution >= 0.6 is 11.6 Å². The lowest BCUT2D eigenvalue weighted by atomic mass is 10.2. The zero-order valence-electron chi connectivity index (χ0n) is 12.0. The van der Waals surface area contributed by atoms with Gasteiger partial charge in [0.25, 0.3) is 0 Å². The summed E-state index contributed by atoms with van der Waals surface area (Å²) in [6, 6.07) is 14.0. The fourth-order valence-electron chi connectivity index (χ4n) is 1.72. The number of amides is 2. The minimum absolute atomic E-state index is 0.234. The lowest BCUT2D eigenvalue weighted by Crippen LogP contribution is -2.28. The Labute approximate surface area is 134 Å². The van der Waals surface area contributed by atoms with Gasteiger partial charge in [0.1, 0.15) is 5.75 Å². The molecule has 2 amide bonds. The minimum atomic E-state index is -0.323. The number of halogens is 1. The number of para-hydroxylation sites is 1. The monoisotopic (exact) mass is 314 g/mol. The Kier molecular flexibility index (Phi) is 5.70. The third-order valence-electron chi connectivity index (χ3n) is 2.77. The SMILES string of the molecule is COc1ccccc1C#CCNC(=O)Nc1ccc(Cl)cc1. The molecule has 0 radical (unpaired) electrons. The van der Waals surface area contributed by atoms with Crippen LogP contribution in [0.2, 0.25) is 5.02 Å². The number of hydrogen-bond donors (Lipinski definition) is 2. The predicted octanol–water partition coefficient (Wildman–Crippen LogP) is 3.52. The molecule has 22 heavy (non-hydrogen) atoms. The number of urea groups is 1. The second-order valence-electron chi connectivity index (χ2n) is 4.32. The molecule has 0 fully saturated rings. The van der Waals surface area contributed by atoms with E-state index in [1.807, 2.05) is 24.3 Å². The molecule has 0 aliphatic heterocycles. The van der Waals surface area contributed by atoms with Crippen molar-refractivity contribution in [3.63, 3.8) is 0 Å². The van der Waals surface area contributed by atoms with Crippen molar-refractivity contribution in [1.82, 2.24) is 5.32 Å². The summed E-state index contributed by atoms with van der Waals surface area (Å²) in [4.78, 5) is 11.7. The summed E-state index contributed by atoms with van der Waals surface area (Å²) in [6.07, 6.45) is 0. The summed E-state index contributed by atoms with van der Waals surface area (Å²) in [5.41, 5.74) is 1.45. The van der Waals surface area contributed by atoms with Crippen LogP contribution in [0.25, 0.3) is 0 Å². The molecule has 0 aliphatic rings. The van der Waals surface area contributed by atoms with Crippen LogP contribution < -0.4 is 15.4 Å². The molecule has 0 saturated carbocycles. The molecule has 0 atom stereocenters. The van der Waals surface area contributed by atoms with Gasteiger partial charge in [0.2, 0.25) is 0 Å². The number of hydrogen-bond acceptors (Lipinski definition) is 2. The number of methoxy groups -OCH3 is 1. The van der Waals surface area contributed by atoms with E-state index < -0.39 is 0 Å². The largest absolute Gasteiger partial charge is 0.495 e. The number of benzene rings is 2. The van der Waals surface area contributed by atoms with Crippen LogP contribution in [0.4, 0.5) is 10.5 Å². The average Bonchev–Trinajstić information content (AvgIpc) is 2.54. The standard InChI is InChI=1S/C17H15ClN2O2/c1-22-16-7-3-2-5-13(16)6-4-12-19-17(21)20-15-10-8-14(18)9-11-15/h2-3,5,7-11H,12H2,1H3,(H2,19,20,21). The molecular formula is C17H15ClN2O2. The second kappa shape index (κ2) is 7.96. The lowest BCUT2D eigenvalue weighted by molar-refractivity contribution is 0.253. The van der Waals surface area contributed by atoms with Crippen molar-refractivity contribution >= 4 is 23.3 Å². The minimum Gasteiger partial charge on any atom is -0.495 e. The van der Waals surface area contributed by atoms with Gasteiger partial charge >= 0.3 is 6.03 Å². The van der Waals surface area contributed by atoms with E-state index in [-0.39, 0.29) is 12.6 Å². The fraction of sp³-hybridized carbons (Fsp3) is 0.118. The van der Waals surface area contributed by atoms with Crippen molar-refractivity contribution in [2.45, 2.75) is 0 Å². The summed E-state index contributed by atoms with van der Waals surface area (Å²) in [5.74, 6) is 6.54. The number of nitrogens with one attached hydrogen (secondary N) is 2. The van der Waals surface area contributed by atoms with Gasteiger partial charge in [-0.3, -0.25) is 0 Å². The Morgan fingerprint density at radius 2 is 1.91 bits per heavy atom. The second-order valence-corrected chi connectivity index (χ2v) is 4.75. The summed E-state index contributed by atoms with van der Waals surface area (Å²) in [5, 5.41) is 5.96. The van der Waals surface area contributed by atoms with Gasteiger partial charge in [-0.25, -0.2) is 4.79 Å². The van der Waals surface area contributed by atoms with E-state index in [1.54, 1.807) is 31.4 Å². The smallest absolute Gasteiger partial charge is 0.319 e. The average molecular weight is 315 g/mol. The van der Waals surface area contributed by atoms with E-state index >= 15 is 0 Å². The first kappa shape index (κ1) is 15.7. The molecular weight excluding hydrogens is 300 g/mol. The highest BCUT2D eigenvalue weighted by Gasteiger charge is 2.00. The quantitative estimate of drug-likeness (QED) is 0.852. The molecule has 0 heterocycles. The van der Waals surface area contributed by atoms with Crippen LogP contribution in [0, 0.1) is 11.8 Å². The van der Waals surface area contributed by atoms with Gasteiger partial charge in [-0.1, -0.05) is 35.6 Å². The van der Waals surface area contributed by atoms with Crippen molar-refractivity contribution in [2.75, 3.05) is 19.0 Å². The van der Waals surface area contributed by atoms with E-state index in [1.165, 1.54) is 0 Å². The van der Waals surface area contributed by atoms with E-state index in [0.717, 1.165) is 5.56 Å². The van der Waals surface area contributed by atoms with Crippen molar-refractivity contribution in [1.29, 1.82) is 0 Å². The van der Waals surface area contributed by atoms with Crippen LogP contribution in [-0.4, -0.2) is 19.7 Å². The highest BCUT2D eigenvalue weighted by molar-refractivity contribution is 6.30. The summed E-state index contributed by atoms with van der Waals surface area (Å²) in [6.45, 7) is 0.234. The van der Waals surface area contributed by atoms with Crippen LogP contribution in [-0.2, 0) is 0 Å². The Balaban J connectivity index is 1.85. The Morgan fingerprint density at radius 1 is 1.18 bits per heavy atom. The normalized spacial score (nSPS) is 9.36. The lowest BCUT2D eigenvalue weighted by Gasteiger charge is -2.05. The number of ether oxygens (including phenoxy) is 1. The van der Waals surface area contributed by atoms with Gasteiger partial charge in [0.15, 0.2) is 0 Å². The highest BCUT2D eigenvalue weighted by Crippen LogP contribution is 2.15. The van der Waals surface area contributed by atoms with Crippen molar-refractivity contribution < 1.29 is 9.53 Å². The molecule has 2 rings (SSSR count). The first-order valence-corrected chi connectivity index (χ1v) is 6.99. The van der Waals surface area contributed by atoms with Gasteiger partial charge in [0.05, 0.1) is 19.2 Å². The maximum absolute atomic E-state index is 11.7. The molecule has 0 unspecified atom stereocenters. The number of carbonyl (C=O) groups is 1. The van der Waals surface area contributed by atoms with E-state index in [2.05, 4.69) is 22.5 Å².